The second-order valence-corrected chi connectivity index (χ2v) is 8.11. The van der Waals surface area contributed by atoms with Crippen molar-refractivity contribution in [2.45, 2.75) is 31.9 Å². The molecule has 4 aromatic heterocycles. The number of hydrogen-bond donors (Lipinski definition) is 2. The molecule has 33 heavy (non-hydrogen) atoms. The Kier molecular flexibility index (Phi) is 4.60. The molecule has 0 spiro atoms. The van der Waals surface area contributed by atoms with E-state index in [2.05, 4.69) is 25.0 Å². The van der Waals surface area contributed by atoms with Gasteiger partial charge in [-0.05, 0) is 32.2 Å². The molecule has 0 radical (unpaired) electrons. The highest BCUT2D eigenvalue weighted by atomic mass is 19.3. The van der Waals surface area contributed by atoms with Crippen LogP contribution in [-0.4, -0.2) is 72.6 Å². The number of hydrogen-bond acceptors (Lipinski definition) is 6. The first-order valence-electron chi connectivity index (χ1n) is 10.6. The number of H-pyrrole nitrogens is 1. The third-order valence-electron chi connectivity index (χ3n) is 5.61. The van der Waals surface area contributed by atoms with Gasteiger partial charge in [0, 0.05) is 18.3 Å². The number of fused-ring (bicyclic) bond motifs is 2. The molecule has 0 unspecified atom stereocenters. The summed E-state index contributed by atoms with van der Waals surface area (Å²) in [6, 6.07) is 3.46. The van der Waals surface area contributed by atoms with E-state index >= 15 is 0 Å². The van der Waals surface area contributed by atoms with Crippen molar-refractivity contribution in [2.75, 3.05) is 25.9 Å². The number of aromatic amines is 1. The molecule has 0 amide bonds. The van der Waals surface area contributed by atoms with Gasteiger partial charge in [-0.15, -0.1) is 0 Å². The molecule has 174 valence electrons. The molecule has 5 rings (SSSR count). The highest BCUT2D eigenvalue weighted by molar-refractivity contribution is 5.88. The van der Waals surface area contributed by atoms with Crippen molar-refractivity contribution in [3.05, 3.63) is 35.8 Å². The minimum atomic E-state index is -3.02. The van der Waals surface area contributed by atoms with Crippen LogP contribution in [0.1, 0.15) is 7.20 Å². The first kappa shape index (κ1) is 20.1. The first-order chi connectivity index (χ1) is 16.0. The van der Waals surface area contributed by atoms with Crippen LogP contribution in [0.25, 0.3) is 27.9 Å². The van der Waals surface area contributed by atoms with Crippen LogP contribution >= 0.6 is 0 Å². The number of nitrogens with two attached hydrogens (primary N) is 1. The van der Waals surface area contributed by atoms with E-state index in [4.69, 9.17) is 7.10 Å². The van der Waals surface area contributed by atoms with Crippen molar-refractivity contribution >= 4 is 22.5 Å². The number of aryl methyl sites for hydroxylation is 1. The van der Waals surface area contributed by atoms with Crippen LogP contribution in [0.2, 0.25) is 0 Å². The number of rotatable bonds is 4. The molecule has 1 fully saturated rings. The molecule has 0 saturated carbocycles. The monoisotopic (exact) mass is 464 g/mol. The lowest BCUT2D eigenvalue weighted by Gasteiger charge is -2.12. The first-order valence-corrected chi connectivity index (χ1v) is 10.1. The van der Waals surface area contributed by atoms with Gasteiger partial charge in [-0.3, -0.25) is 14.5 Å². The maximum absolute atomic E-state index is 14.2. The minimum absolute atomic E-state index is 0.0370. The maximum Gasteiger partial charge on any atom is 0.283 e. The van der Waals surface area contributed by atoms with Gasteiger partial charge in [-0.2, -0.15) is 4.98 Å². The predicted octanol–water partition coefficient (Wildman–Crippen LogP) is 2.08. The average Bonchev–Trinajstić information content (AvgIpc) is 3.32. The number of nitrogens with one attached hydrogen (secondary N) is 1. The van der Waals surface area contributed by atoms with Gasteiger partial charge in [0.1, 0.15) is 22.9 Å². The average molecular weight is 464 g/mol. The Morgan fingerprint density at radius 3 is 2.79 bits per heavy atom. The zero-order chi connectivity index (χ0) is 24.4. The molecular formula is C20H21F4N9. The van der Waals surface area contributed by atoms with Crippen molar-refractivity contribution in [3.8, 4) is 11.3 Å². The molecule has 1 saturated heterocycles. The largest absolute Gasteiger partial charge is 0.382 e. The number of nitrogen functional groups attached to an aromatic ring is 1. The van der Waals surface area contributed by atoms with Gasteiger partial charge in [-0.1, -0.05) is 0 Å². The molecule has 1 aliphatic heterocycles. The Labute approximate surface area is 186 Å². The van der Waals surface area contributed by atoms with Gasteiger partial charge in [0.05, 0.1) is 20.2 Å². The van der Waals surface area contributed by atoms with Gasteiger partial charge >= 0.3 is 0 Å². The number of pyridine rings is 1. The van der Waals surface area contributed by atoms with Crippen molar-refractivity contribution in [1.82, 2.24) is 34.0 Å². The SMILES string of the molecule is [2H]c1cc(-c2ccc3nc(C)n(CC(F)F)c3n2)c2c(N)nc(=N[C@@H]3CN(C)CC3(F)F)[nH]n12. The Morgan fingerprint density at radius 1 is 1.30 bits per heavy atom. The molecule has 5 heterocycles. The number of anilines is 1. The lowest BCUT2D eigenvalue weighted by molar-refractivity contribution is 0.000430. The third kappa shape index (κ3) is 3.71. The van der Waals surface area contributed by atoms with Crippen LogP contribution in [0, 0.1) is 6.92 Å². The van der Waals surface area contributed by atoms with Gasteiger partial charge < -0.3 is 10.3 Å². The van der Waals surface area contributed by atoms with Crippen molar-refractivity contribution in [3.63, 3.8) is 0 Å². The number of aromatic nitrogens is 6. The van der Waals surface area contributed by atoms with Crippen molar-refractivity contribution in [1.29, 1.82) is 0 Å². The fraction of sp³-hybridized carbons (Fsp3) is 0.400. The van der Waals surface area contributed by atoms with E-state index in [-0.39, 0.29) is 29.8 Å². The minimum Gasteiger partial charge on any atom is -0.382 e. The number of alkyl halides is 4. The van der Waals surface area contributed by atoms with E-state index in [1.807, 2.05) is 0 Å². The van der Waals surface area contributed by atoms with E-state index in [1.165, 1.54) is 20.0 Å². The number of likely N-dealkylation sites (N-methyl/N-ethyl adjacent to an activating group) is 1. The zero-order valence-electron chi connectivity index (χ0n) is 18.7. The highest BCUT2D eigenvalue weighted by Crippen LogP contribution is 2.30. The molecular weight excluding hydrogens is 442 g/mol. The normalized spacial score (nSPS) is 19.9. The standard InChI is InChI=1S/C20H21F4N9/c1-10-26-13-4-3-12(27-18(13)32(10)8-15(21)22)11-5-6-33-16(11)17(25)29-19(30-33)28-14-7-31(2)9-20(14,23)24/h3-6,14-15H,7-9H2,1-2H3,(H3,25,28,29,30)/t14-/m1/s1/i6D. The number of halogens is 4. The lowest BCUT2D eigenvalue weighted by atomic mass is 10.2. The van der Waals surface area contributed by atoms with E-state index in [9.17, 15) is 17.6 Å². The molecule has 0 bridgehead atoms. The van der Waals surface area contributed by atoms with Crippen LogP contribution in [0.3, 0.4) is 0 Å². The number of nitrogens with zero attached hydrogens (tertiary/aromatic N) is 7. The van der Waals surface area contributed by atoms with Crippen LogP contribution in [0.4, 0.5) is 23.4 Å². The quantitative estimate of drug-likeness (QED) is 0.450. The van der Waals surface area contributed by atoms with Crippen LogP contribution in [0.15, 0.2) is 29.4 Å². The molecule has 0 aromatic carbocycles. The summed E-state index contributed by atoms with van der Waals surface area (Å²) >= 11 is 0. The summed E-state index contributed by atoms with van der Waals surface area (Å²) in [5, 5.41) is 2.76. The maximum atomic E-state index is 14.2. The molecule has 1 aliphatic rings. The third-order valence-corrected chi connectivity index (χ3v) is 5.61. The summed E-state index contributed by atoms with van der Waals surface area (Å²) in [5.74, 6) is -2.66. The van der Waals surface area contributed by atoms with E-state index in [0.717, 1.165) is 0 Å². The second-order valence-electron chi connectivity index (χ2n) is 8.11. The predicted molar refractivity (Wildman–Crippen MR) is 113 cm³/mol. The van der Waals surface area contributed by atoms with Gasteiger partial charge in [-0.25, -0.2) is 32.5 Å². The van der Waals surface area contributed by atoms with Crippen molar-refractivity contribution < 1.29 is 18.9 Å². The summed E-state index contributed by atoms with van der Waals surface area (Å²) in [6.07, 6.45) is -2.62. The van der Waals surface area contributed by atoms with E-state index < -0.39 is 31.5 Å². The number of likely N-dealkylation sites (tertiary alicyclic amines) is 1. The van der Waals surface area contributed by atoms with E-state index in [1.54, 1.807) is 26.1 Å². The second kappa shape index (κ2) is 7.54. The van der Waals surface area contributed by atoms with Crippen LogP contribution < -0.4 is 11.4 Å². The molecule has 4 aromatic rings. The molecule has 3 N–H and O–H groups in total. The summed E-state index contributed by atoms with van der Waals surface area (Å²) in [4.78, 5) is 18.4. The summed E-state index contributed by atoms with van der Waals surface area (Å²) in [5.41, 5.74) is 7.84. The Balaban J connectivity index is 1.63. The van der Waals surface area contributed by atoms with Crippen LogP contribution in [-0.2, 0) is 6.54 Å². The molecule has 13 heteroatoms. The van der Waals surface area contributed by atoms with Crippen molar-refractivity contribution in [2.24, 2.45) is 4.99 Å². The van der Waals surface area contributed by atoms with Crippen LogP contribution in [0.5, 0.6) is 0 Å². The van der Waals surface area contributed by atoms with Gasteiger partial charge in [0.2, 0.25) is 5.62 Å². The fourth-order valence-corrected chi connectivity index (χ4v) is 4.13. The molecule has 9 nitrogen and oxygen atoms in total. The number of imidazole rings is 1. The summed E-state index contributed by atoms with van der Waals surface area (Å²) < 4.78 is 65.4. The van der Waals surface area contributed by atoms with E-state index in [0.29, 0.717) is 28.1 Å². The van der Waals surface area contributed by atoms with Gasteiger partial charge in [0.25, 0.3) is 12.3 Å². The Hall–Kier alpha value is -3.48. The fourth-order valence-electron chi connectivity index (χ4n) is 4.13. The Morgan fingerprint density at radius 2 is 2.09 bits per heavy atom. The highest BCUT2D eigenvalue weighted by Gasteiger charge is 2.47. The topological polar surface area (TPSA) is 105 Å². The zero-order valence-corrected chi connectivity index (χ0v) is 17.7. The summed E-state index contributed by atoms with van der Waals surface area (Å²) in [7, 11) is 1.58. The smallest absolute Gasteiger partial charge is 0.283 e. The molecule has 1 atom stereocenters. The lowest BCUT2D eigenvalue weighted by Crippen LogP contribution is -2.33. The van der Waals surface area contributed by atoms with Gasteiger partial charge in [0.15, 0.2) is 11.5 Å². The molecule has 0 aliphatic carbocycles. The Bertz CT molecular complexity index is 1470. The summed E-state index contributed by atoms with van der Waals surface area (Å²) in [6.45, 7) is 0.710.